The minimum absolute atomic E-state index is 0.0308. The first-order valence-corrected chi connectivity index (χ1v) is 9.43. The second-order valence-electron chi connectivity index (χ2n) is 5.60. The van der Waals surface area contributed by atoms with Gasteiger partial charge in [0.2, 0.25) is 5.91 Å². The standard InChI is InChI=1S/C17H12Cl4F3N3O2/c1-2-27(16(29)14-12(19)11(18)13(20)15(21)26-14)7-10(28)25-9-6-4-3-5-8(9)17(22,23)24/h3-6H,2,7H2,1H3,(H,25,28). The molecular weight excluding hydrogens is 477 g/mol. The van der Waals surface area contributed by atoms with Gasteiger partial charge in [-0.25, -0.2) is 4.98 Å². The monoisotopic (exact) mass is 487 g/mol. The van der Waals surface area contributed by atoms with E-state index in [1.165, 1.54) is 12.1 Å². The molecule has 1 heterocycles. The van der Waals surface area contributed by atoms with E-state index < -0.39 is 35.8 Å². The number of halogens is 7. The molecule has 0 aliphatic heterocycles. The summed E-state index contributed by atoms with van der Waals surface area (Å²) in [6.45, 7) is 1.03. The Labute approximate surface area is 183 Å². The van der Waals surface area contributed by atoms with Crippen molar-refractivity contribution in [1.29, 1.82) is 0 Å². The SMILES string of the molecule is CCN(CC(=O)Nc1ccccc1C(F)(F)F)C(=O)c1nc(Cl)c(Cl)c(Cl)c1Cl. The van der Waals surface area contributed by atoms with Crippen LogP contribution in [0.5, 0.6) is 0 Å². The number of aromatic nitrogens is 1. The van der Waals surface area contributed by atoms with E-state index in [1.54, 1.807) is 6.92 Å². The molecule has 2 aromatic rings. The van der Waals surface area contributed by atoms with Crippen LogP contribution < -0.4 is 5.32 Å². The van der Waals surface area contributed by atoms with Crippen LogP contribution in [0.4, 0.5) is 18.9 Å². The first kappa shape index (κ1) is 23.5. The van der Waals surface area contributed by atoms with Crippen LogP contribution in [0, 0.1) is 0 Å². The Morgan fingerprint density at radius 3 is 2.28 bits per heavy atom. The zero-order valence-corrected chi connectivity index (χ0v) is 17.6. The largest absolute Gasteiger partial charge is 0.418 e. The third-order valence-electron chi connectivity index (χ3n) is 3.70. The summed E-state index contributed by atoms with van der Waals surface area (Å²) in [5.41, 5.74) is -1.78. The van der Waals surface area contributed by atoms with Gasteiger partial charge in [-0.3, -0.25) is 9.59 Å². The van der Waals surface area contributed by atoms with Crippen LogP contribution in [0.15, 0.2) is 24.3 Å². The lowest BCUT2D eigenvalue weighted by atomic mass is 10.1. The minimum Gasteiger partial charge on any atom is -0.328 e. The number of amides is 2. The molecule has 0 atom stereocenters. The lowest BCUT2D eigenvalue weighted by Gasteiger charge is -2.21. The van der Waals surface area contributed by atoms with Crippen molar-refractivity contribution < 1.29 is 22.8 Å². The molecule has 0 unspecified atom stereocenters. The summed E-state index contributed by atoms with van der Waals surface area (Å²) in [7, 11) is 0. The maximum atomic E-state index is 13.1. The number of nitrogens with zero attached hydrogens (tertiary/aromatic N) is 2. The Hall–Kier alpha value is -1.74. The highest BCUT2D eigenvalue weighted by molar-refractivity contribution is 6.52. The highest BCUT2D eigenvalue weighted by Gasteiger charge is 2.34. The molecular formula is C17H12Cl4F3N3O2. The second kappa shape index (κ2) is 9.38. The van der Waals surface area contributed by atoms with Crippen molar-refractivity contribution >= 4 is 63.9 Å². The van der Waals surface area contributed by atoms with Gasteiger partial charge in [0.05, 0.1) is 26.3 Å². The molecule has 1 aromatic carbocycles. The van der Waals surface area contributed by atoms with Crippen LogP contribution in [0.2, 0.25) is 20.2 Å². The molecule has 0 bridgehead atoms. The van der Waals surface area contributed by atoms with Crippen LogP contribution in [0.1, 0.15) is 23.0 Å². The van der Waals surface area contributed by atoms with Gasteiger partial charge in [0.1, 0.15) is 17.4 Å². The van der Waals surface area contributed by atoms with E-state index in [-0.39, 0.29) is 32.5 Å². The molecule has 0 fully saturated rings. The normalized spacial score (nSPS) is 11.3. The molecule has 12 heteroatoms. The number of para-hydroxylation sites is 1. The Morgan fingerprint density at radius 2 is 1.69 bits per heavy atom. The molecule has 1 aromatic heterocycles. The summed E-state index contributed by atoms with van der Waals surface area (Å²) in [6, 6.07) is 4.48. The fraction of sp³-hybridized carbons (Fsp3) is 0.235. The smallest absolute Gasteiger partial charge is 0.328 e. The summed E-state index contributed by atoms with van der Waals surface area (Å²) in [6.07, 6.45) is -4.65. The van der Waals surface area contributed by atoms with Crippen molar-refractivity contribution in [2.45, 2.75) is 13.1 Å². The predicted molar refractivity (Wildman–Crippen MR) is 106 cm³/mol. The van der Waals surface area contributed by atoms with E-state index in [0.29, 0.717) is 0 Å². The predicted octanol–water partition coefficient (Wildman–Crippen LogP) is 5.81. The number of carbonyl (C=O) groups is 2. The summed E-state index contributed by atoms with van der Waals surface area (Å²) >= 11 is 23.5. The average molecular weight is 489 g/mol. The highest BCUT2D eigenvalue weighted by Crippen LogP contribution is 2.37. The van der Waals surface area contributed by atoms with Crippen molar-refractivity contribution in [1.82, 2.24) is 9.88 Å². The van der Waals surface area contributed by atoms with Crippen LogP contribution in [-0.2, 0) is 11.0 Å². The number of carbonyl (C=O) groups excluding carboxylic acids is 2. The first-order chi connectivity index (χ1) is 13.5. The quantitative estimate of drug-likeness (QED) is 0.540. The van der Waals surface area contributed by atoms with Gasteiger partial charge in [0, 0.05) is 6.54 Å². The Bertz CT molecular complexity index is 954. The Morgan fingerprint density at radius 1 is 1.07 bits per heavy atom. The van der Waals surface area contributed by atoms with Crippen LogP contribution in [0.3, 0.4) is 0 Å². The number of rotatable bonds is 5. The van der Waals surface area contributed by atoms with E-state index in [4.69, 9.17) is 46.4 Å². The van der Waals surface area contributed by atoms with Gasteiger partial charge >= 0.3 is 6.18 Å². The van der Waals surface area contributed by atoms with Gasteiger partial charge in [-0.05, 0) is 19.1 Å². The van der Waals surface area contributed by atoms with Crippen molar-refractivity contribution in [3.8, 4) is 0 Å². The molecule has 0 aliphatic carbocycles. The van der Waals surface area contributed by atoms with Crippen molar-refractivity contribution in [2.24, 2.45) is 0 Å². The summed E-state index contributed by atoms with van der Waals surface area (Å²) < 4.78 is 39.2. The fourth-order valence-electron chi connectivity index (χ4n) is 2.31. The maximum absolute atomic E-state index is 13.1. The maximum Gasteiger partial charge on any atom is 0.418 e. The van der Waals surface area contributed by atoms with E-state index in [1.807, 2.05) is 0 Å². The van der Waals surface area contributed by atoms with E-state index in [0.717, 1.165) is 17.0 Å². The number of hydrogen-bond acceptors (Lipinski definition) is 3. The summed E-state index contributed by atoms with van der Waals surface area (Å²) in [4.78, 5) is 29.8. The zero-order chi connectivity index (χ0) is 21.9. The zero-order valence-electron chi connectivity index (χ0n) is 14.6. The second-order valence-corrected chi connectivity index (χ2v) is 7.10. The molecule has 156 valence electrons. The molecule has 0 saturated carbocycles. The molecule has 2 amide bonds. The van der Waals surface area contributed by atoms with E-state index in [9.17, 15) is 22.8 Å². The van der Waals surface area contributed by atoms with Gasteiger partial charge in [-0.1, -0.05) is 58.5 Å². The molecule has 0 aliphatic rings. The molecule has 0 saturated heterocycles. The number of alkyl halides is 3. The number of nitrogens with one attached hydrogen (secondary N) is 1. The molecule has 0 radical (unpaired) electrons. The average Bonchev–Trinajstić information content (AvgIpc) is 2.66. The van der Waals surface area contributed by atoms with Gasteiger partial charge in [0.25, 0.3) is 5.91 Å². The molecule has 5 nitrogen and oxygen atoms in total. The lowest BCUT2D eigenvalue weighted by Crippen LogP contribution is -2.38. The summed E-state index contributed by atoms with van der Waals surface area (Å²) in [5, 5.41) is 1.31. The third kappa shape index (κ3) is 5.45. The van der Waals surface area contributed by atoms with Gasteiger partial charge in [0.15, 0.2) is 0 Å². The number of likely N-dealkylation sites (N-methyl/N-ethyl adjacent to an activating group) is 1. The molecule has 1 N–H and O–H groups in total. The Kier molecular flexibility index (Phi) is 7.62. The highest BCUT2D eigenvalue weighted by atomic mass is 35.5. The molecule has 0 spiro atoms. The fourth-order valence-corrected chi connectivity index (χ4v) is 3.12. The third-order valence-corrected chi connectivity index (χ3v) is 5.37. The number of anilines is 1. The van der Waals surface area contributed by atoms with E-state index >= 15 is 0 Å². The van der Waals surface area contributed by atoms with Crippen LogP contribution >= 0.6 is 46.4 Å². The molecule has 2 rings (SSSR count). The van der Waals surface area contributed by atoms with Crippen LogP contribution in [0.25, 0.3) is 0 Å². The minimum atomic E-state index is -4.65. The van der Waals surface area contributed by atoms with Crippen molar-refractivity contribution in [2.75, 3.05) is 18.4 Å². The van der Waals surface area contributed by atoms with Crippen LogP contribution in [-0.4, -0.2) is 34.8 Å². The number of pyridine rings is 1. The summed E-state index contributed by atoms with van der Waals surface area (Å²) in [5.74, 6) is -1.64. The van der Waals surface area contributed by atoms with E-state index in [2.05, 4.69) is 10.3 Å². The first-order valence-electron chi connectivity index (χ1n) is 7.92. The van der Waals surface area contributed by atoms with Gasteiger partial charge < -0.3 is 10.2 Å². The number of benzene rings is 1. The molecule has 29 heavy (non-hydrogen) atoms. The lowest BCUT2D eigenvalue weighted by molar-refractivity contribution is -0.137. The Balaban J connectivity index is 2.23. The topological polar surface area (TPSA) is 62.3 Å². The van der Waals surface area contributed by atoms with Crippen molar-refractivity contribution in [3.05, 3.63) is 55.7 Å². The van der Waals surface area contributed by atoms with Gasteiger partial charge in [-0.15, -0.1) is 0 Å². The number of hydrogen-bond donors (Lipinski definition) is 1. The van der Waals surface area contributed by atoms with Crippen molar-refractivity contribution in [3.63, 3.8) is 0 Å². The van der Waals surface area contributed by atoms with Gasteiger partial charge in [-0.2, -0.15) is 13.2 Å².